The van der Waals surface area contributed by atoms with E-state index in [1.54, 1.807) is 41.5 Å². The molecule has 0 aliphatic carbocycles. The summed E-state index contributed by atoms with van der Waals surface area (Å²) in [6.07, 6.45) is -0.558. The Morgan fingerprint density at radius 1 is 0.447 bits per heavy atom. The Balaban J connectivity index is 2.80. The van der Waals surface area contributed by atoms with Crippen LogP contribution in [-0.2, 0) is 79.7 Å². The van der Waals surface area contributed by atoms with Gasteiger partial charge in [-0.3, -0.25) is 19.2 Å². The van der Waals surface area contributed by atoms with Gasteiger partial charge in [0.2, 0.25) is 0 Å². The number of aromatic nitrogens is 2. The number of ether oxygens (including phenoxy) is 6. The molecule has 0 atom stereocenters. The van der Waals surface area contributed by atoms with Crippen LogP contribution in [0.15, 0.2) is 0 Å². The second-order valence-corrected chi connectivity index (χ2v) is 10.1. The highest BCUT2D eigenvalue weighted by atomic mass is 16.5. The van der Waals surface area contributed by atoms with Gasteiger partial charge in [-0.25, -0.2) is 9.59 Å². The molecule has 14 heteroatoms. The molecule has 0 saturated heterocycles. The summed E-state index contributed by atoms with van der Waals surface area (Å²) in [5, 5.41) is 0. The minimum atomic E-state index is -0.691. The molecule has 2 rings (SSSR count). The molecule has 0 radical (unpaired) electrons. The average molecular weight is 663 g/mol. The van der Waals surface area contributed by atoms with Crippen LogP contribution in [0.3, 0.4) is 0 Å². The van der Waals surface area contributed by atoms with Crippen LogP contribution in [0.1, 0.15) is 109 Å². The fraction of sp³-hybridized carbons (Fsp3) is 0.576. The molecule has 47 heavy (non-hydrogen) atoms. The topological polar surface area (TPSA) is 189 Å². The first kappa shape index (κ1) is 38.6. The van der Waals surface area contributed by atoms with E-state index in [4.69, 9.17) is 28.4 Å². The molecule has 0 unspecified atom stereocenters. The third kappa shape index (κ3) is 11.3. The summed E-state index contributed by atoms with van der Waals surface area (Å²) in [6, 6.07) is 0. The number of nitrogens with one attached hydrogen (secondary N) is 2. The van der Waals surface area contributed by atoms with Crippen LogP contribution in [0.25, 0.3) is 0 Å². The van der Waals surface area contributed by atoms with Crippen molar-refractivity contribution < 1.29 is 57.2 Å². The lowest BCUT2D eigenvalue weighted by Crippen LogP contribution is -2.14. The quantitative estimate of drug-likeness (QED) is 0.155. The number of carbonyl (C=O) groups is 6. The van der Waals surface area contributed by atoms with E-state index < -0.39 is 35.8 Å². The Bertz CT molecular complexity index is 1300. The number of aromatic amines is 2. The largest absolute Gasteiger partial charge is 0.466 e. The fourth-order valence-electron chi connectivity index (χ4n) is 5.11. The molecule has 2 aromatic heterocycles. The van der Waals surface area contributed by atoms with Crippen LogP contribution in [0, 0.1) is 0 Å². The van der Waals surface area contributed by atoms with E-state index >= 15 is 0 Å². The van der Waals surface area contributed by atoms with Crippen molar-refractivity contribution in [2.24, 2.45) is 0 Å². The number of hydrogen-bond donors (Lipinski definition) is 2. The molecule has 14 nitrogen and oxygen atoms in total. The second kappa shape index (κ2) is 19.8. The van der Waals surface area contributed by atoms with Crippen molar-refractivity contribution in [3.05, 3.63) is 45.0 Å². The Kier molecular flexibility index (Phi) is 16.2. The third-order valence-electron chi connectivity index (χ3n) is 6.95. The standard InChI is InChI=1S/C33H46N2O12/c1-7-42-26(36)15-13-20-22(17-28(38)44-9-3)24(34-30(20)32(40)46-11-5)19-25-23(18-29(39)45-10-4)21(14-16-27(37)43-8-2)31(35-25)33(41)47-12-6/h34-35H,7-19H2,1-6H3. The highest BCUT2D eigenvalue weighted by Crippen LogP contribution is 2.30. The Labute approximate surface area is 274 Å². The van der Waals surface area contributed by atoms with Crippen LogP contribution in [-0.4, -0.2) is 85.4 Å². The van der Waals surface area contributed by atoms with Crippen molar-refractivity contribution in [3.63, 3.8) is 0 Å². The predicted octanol–water partition coefficient (Wildman–Crippen LogP) is 3.49. The minimum absolute atomic E-state index is 0.0267. The van der Waals surface area contributed by atoms with Crippen molar-refractivity contribution in [1.29, 1.82) is 0 Å². The van der Waals surface area contributed by atoms with Gasteiger partial charge >= 0.3 is 35.8 Å². The van der Waals surface area contributed by atoms with Gasteiger partial charge in [-0.15, -0.1) is 0 Å². The van der Waals surface area contributed by atoms with Gasteiger partial charge in [0, 0.05) is 30.7 Å². The summed E-state index contributed by atoms with van der Waals surface area (Å²) in [5.41, 5.74) is 2.44. The van der Waals surface area contributed by atoms with E-state index in [1.165, 1.54) is 0 Å². The molecule has 2 heterocycles. The SMILES string of the molecule is CCOC(=O)CCc1c(C(=O)OCC)[nH]c(Cc2[nH]c(C(=O)OCC)c(CCC(=O)OCC)c2CC(=O)OCC)c1CC(=O)OCC. The van der Waals surface area contributed by atoms with Gasteiger partial charge in [-0.2, -0.15) is 0 Å². The summed E-state index contributed by atoms with van der Waals surface area (Å²) in [7, 11) is 0. The normalized spacial score (nSPS) is 10.7. The predicted molar refractivity (Wildman–Crippen MR) is 167 cm³/mol. The molecule has 0 fully saturated rings. The van der Waals surface area contributed by atoms with Crippen LogP contribution >= 0.6 is 0 Å². The zero-order valence-corrected chi connectivity index (χ0v) is 28.1. The summed E-state index contributed by atoms with van der Waals surface area (Å²) in [4.78, 5) is 82.6. The molecule has 0 bridgehead atoms. The van der Waals surface area contributed by atoms with Gasteiger partial charge < -0.3 is 38.4 Å². The van der Waals surface area contributed by atoms with Crippen LogP contribution in [0.5, 0.6) is 0 Å². The molecule has 2 aromatic rings. The average Bonchev–Trinajstić information content (AvgIpc) is 3.53. The van der Waals surface area contributed by atoms with Gasteiger partial charge in [-0.1, -0.05) is 0 Å². The maximum absolute atomic E-state index is 13.1. The number of rotatable bonds is 20. The van der Waals surface area contributed by atoms with E-state index in [0.29, 0.717) is 33.6 Å². The number of esters is 6. The lowest BCUT2D eigenvalue weighted by molar-refractivity contribution is -0.144. The van der Waals surface area contributed by atoms with Gasteiger partial charge in [0.15, 0.2) is 0 Å². The molecule has 2 N–H and O–H groups in total. The first-order valence-electron chi connectivity index (χ1n) is 16.0. The van der Waals surface area contributed by atoms with Crippen molar-refractivity contribution >= 4 is 35.8 Å². The second-order valence-electron chi connectivity index (χ2n) is 10.1. The number of hydrogen-bond acceptors (Lipinski definition) is 12. The summed E-state index contributed by atoms with van der Waals surface area (Å²) < 4.78 is 31.1. The van der Waals surface area contributed by atoms with E-state index in [-0.39, 0.29) is 96.0 Å². The zero-order valence-electron chi connectivity index (χ0n) is 28.1. The van der Waals surface area contributed by atoms with Gasteiger partial charge in [0.25, 0.3) is 0 Å². The fourth-order valence-corrected chi connectivity index (χ4v) is 5.11. The third-order valence-corrected chi connectivity index (χ3v) is 6.95. The van der Waals surface area contributed by atoms with Crippen molar-refractivity contribution in [3.8, 4) is 0 Å². The highest BCUT2D eigenvalue weighted by Gasteiger charge is 2.29. The smallest absolute Gasteiger partial charge is 0.355 e. The Morgan fingerprint density at radius 2 is 0.766 bits per heavy atom. The minimum Gasteiger partial charge on any atom is -0.466 e. The Morgan fingerprint density at radius 3 is 1.09 bits per heavy atom. The molecule has 0 aliphatic rings. The van der Waals surface area contributed by atoms with E-state index in [0.717, 1.165) is 0 Å². The molecule has 0 aromatic carbocycles. The van der Waals surface area contributed by atoms with Crippen LogP contribution < -0.4 is 0 Å². The number of H-pyrrole nitrogens is 2. The van der Waals surface area contributed by atoms with Gasteiger partial charge in [0.1, 0.15) is 11.4 Å². The number of carbonyl (C=O) groups excluding carboxylic acids is 6. The highest BCUT2D eigenvalue weighted by molar-refractivity contribution is 5.92. The summed E-state index contributed by atoms with van der Waals surface area (Å²) >= 11 is 0. The summed E-state index contributed by atoms with van der Waals surface area (Å²) in [5.74, 6) is -3.49. The van der Waals surface area contributed by atoms with Crippen molar-refractivity contribution in [1.82, 2.24) is 9.97 Å². The maximum Gasteiger partial charge on any atom is 0.355 e. The summed E-state index contributed by atoms with van der Waals surface area (Å²) in [6.45, 7) is 10.7. The Hall–Kier alpha value is -4.62. The van der Waals surface area contributed by atoms with Crippen molar-refractivity contribution in [2.75, 3.05) is 39.6 Å². The lowest BCUT2D eigenvalue weighted by atomic mass is 9.96. The monoisotopic (exact) mass is 662 g/mol. The maximum atomic E-state index is 13.1. The van der Waals surface area contributed by atoms with E-state index in [1.807, 2.05) is 0 Å². The molecular weight excluding hydrogens is 616 g/mol. The van der Waals surface area contributed by atoms with Gasteiger partial charge in [-0.05, 0) is 76.6 Å². The van der Waals surface area contributed by atoms with Gasteiger partial charge in [0.05, 0.1) is 52.5 Å². The molecule has 0 spiro atoms. The molecule has 0 saturated carbocycles. The van der Waals surface area contributed by atoms with Crippen LogP contribution in [0.4, 0.5) is 0 Å². The van der Waals surface area contributed by atoms with E-state index in [2.05, 4.69) is 9.97 Å². The molecular formula is C33H46N2O12. The van der Waals surface area contributed by atoms with Crippen LogP contribution in [0.2, 0.25) is 0 Å². The molecule has 0 amide bonds. The lowest BCUT2D eigenvalue weighted by Gasteiger charge is -2.10. The zero-order chi connectivity index (χ0) is 34.9. The van der Waals surface area contributed by atoms with E-state index in [9.17, 15) is 28.8 Å². The first-order chi connectivity index (χ1) is 22.5. The first-order valence-corrected chi connectivity index (χ1v) is 16.0. The molecule has 260 valence electrons. The molecule has 0 aliphatic heterocycles. The van der Waals surface area contributed by atoms with Crippen molar-refractivity contribution in [2.45, 2.75) is 86.5 Å².